The third-order valence-electron chi connectivity index (χ3n) is 2.99. The van der Waals surface area contributed by atoms with Gasteiger partial charge in [0.2, 0.25) is 0 Å². The molecule has 2 nitrogen and oxygen atoms in total. The molecule has 0 saturated carbocycles. The predicted molar refractivity (Wildman–Crippen MR) is 82.7 cm³/mol. The van der Waals surface area contributed by atoms with Crippen molar-refractivity contribution in [3.05, 3.63) is 65.2 Å². The van der Waals surface area contributed by atoms with E-state index in [0.717, 1.165) is 12.0 Å². The summed E-state index contributed by atoms with van der Waals surface area (Å²) in [6.07, 6.45) is 1.28. The summed E-state index contributed by atoms with van der Waals surface area (Å²) in [5.74, 6) is 0.874. The van der Waals surface area contributed by atoms with Gasteiger partial charge in [0.05, 0.1) is 0 Å². The highest BCUT2D eigenvalue weighted by atomic mass is 32.2. The van der Waals surface area contributed by atoms with Gasteiger partial charge < -0.3 is 0 Å². The quantitative estimate of drug-likeness (QED) is 0.453. The normalized spacial score (nSPS) is 10.2. The predicted octanol–water partition coefficient (Wildman–Crippen LogP) is 4.17. The average Bonchev–Trinajstić information content (AvgIpc) is 2.49. The fraction of sp³-hybridized carbons (Fsp3) is 0.176. The number of aryl methyl sites for hydroxylation is 1. The summed E-state index contributed by atoms with van der Waals surface area (Å²) < 4.78 is 0. The smallest absolute Gasteiger partial charge is 0.163 e. The second-order valence-electron chi connectivity index (χ2n) is 4.57. The zero-order chi connectivity index (χ0) is 14.4. The SMILES string of the molecule is Cc1ccc(SCCC(=O)c2ccc(C=O)cc2)cc1. The Morgan fingerprint density at radius 2 is 1.70 bits per heavy atom. The molecule has 0 aliphatic heterocycles. The van der Waals surface area contributed by atoms with Gasteiger partial charge in [0, 0.05) is 28.2 Å². The van der Waals surface area contributed by atoms with Crippen molar-refractivity contribution in [2.45, 2.75) is 18.2 Å². The Labute approximate surface area is 123 Å². The van der Waals surface area contributed by atoms with Crippen molar-refractivity contribution in [1.29, 1.82) is 0 Å². The summed E-state index contributed by atoms with van der Waals surface area (Å²) >= 11 is 1.68. The molecule has 0 saturated heterocycles. The number of aldehydes is 1. The number of hydrogen-bond donors (Lipinski definition) is 0. The molecule has 0 heterocycles. The van der Waals surface area contributed by atoms with Crippen molar-refractivity contribution in [2.75, 3.05) is 5.75 Å². The maximum Gasteiger partial charge on any atom is 0.163 e. The van der Waals surface area contributed by atoms with E-state index in [1.165, 1.54) is 10.5 Å². The van der Waals surface area contributed by atoms with Crippen LogP contribution in [0.3, 0.4) is 0 Å². The molecule has 102 valence electrons. The Morgan fingerprint density at radius 1 is 1.05 bits per heavy atom. The van der Waals surface area contributed by atoms with Gasteiger partial charge in [-0.1, -0.05) is 42.0 Å². The van der Waals surface area contributed by atoms with E-state index in [9.17, 15) is 9.59 Å². The van der Waals surface area contributed by atoms with Crippen LogP contribution in [0.15, 0.2) is 53.4 Å². The third-order valence-corrected chi connectivity index (χ3v) is 4.00. The van der Waals surface area contributed by atoms with Crippen molar-refractivity contribution in [1.82, 2.24) is 0 Å². The molecule has 3 heteroatoms. The molecule has 0 bridgehead atoms. The first kappa shape index (κ1) is 14.5. The van der Waals surface area contributed by atoms with Crippen LogP contribution < -0.4 is 0 Å². The third kappa shape index (κ3) is 4.07. The molecule has 0 spiro atoms. The molecule has 0 fully saturated rings. The number of carbonyl (C=O) groups excluding carboxylic acids is 2. The van der Waals surface area contributed by atoms with Crippen molar-refractivity contribution in [3.8, 4) is 0 Å². The highest BCUT2D eigenvalue weighted by Crippen LogP contribution is 2.20. The summed E-state index contributed by atoms with van der Waals surface area (Å²) in [5.41, 5.74) is 2.50. The lowest BCUT2D eigenvalue weighted by Gasteiger charge is -2.03. The maximum atomic E-state index is 12.0. The summed E-state index contributed by atoms with van der Waals surface area (Å²) in [6, 6.07) is 15.1. The molecule has 0 aliphatic rings. The van der Waals surface area contributed by atoms with E-state index >= 15 is 0 Å². The van der Waals surface area contributed by atoms with Crippen LogP contribution in [0.25, 0.3) is 0 Å². The van der Waals surface area contributed by atoms with Gasteiger partial charge in [0.15, 0.2) is 5.78 Å². The lowest BCUT2D eigenvalue weighted by atomic mass is 10.1. The molecular weight excluding hydrogens is 268 g/mol. The molecule has 0 unspecified atom stereocenters. The van der Waals surface area contributed by atoms with E-state index in [2.05, 4.69) is 31.2 Å². The van der Waals surface area contributed by atoms with E-state index in [0.29, 0.717) is 17.5 Å². The number of benzene rings is 2. The van der Waals surface area contributed by atoms with Crippen LogP contribution in [0.5, 0.6) is 0 Å². The lowest BCUT2D eigenvalue weighted by Crippen LogP contribution is -2.00. The Hall–Kier alpha value is -1.87. The van der Waals surface area contributed by atoms with Crippen LogP contribution in [0, 0.1) is 6.92 Å². The number of hydrogen-bond acceptors (Lipinski definition) is 3. The van der Waals surface area contributed by atoms with E-state index in [-0.39, 0.29) is 5.78 Å². The van der Waals surface area contributed by atoms with Crippen molar-refractivity contribution < 1.29 is 9.59 Å². The van der Waals surface area contributed by atoms with Crippen LogP contribution >= 0.6 is 11.8 Å². The van der Waals surface area contributed by atoms with Crippen LogP contribution in [0.1, 0.15) is 32.7 Å². The van der Waals surface area contributed by atoms with Gasteiger partial charge in [-0.3, -0.25) is 9.59 Å². The zero-order valence-electron chi connectivity index (χ0n) is 11.3. The summed E-state index contributed by atoms with van der Waals surface area (Å²) in [6.45, 7) is 2.06. The molecule has 0 aromatic heterocycles. The van der Waals surface area contributed by atoms with Crippen molar-refractivity contribution >= 4 is 23.8 Å². The maximum absolute atomic E-state index is 12.0. The Balaban J connectivity index is 1.85. The van der Waals surface area contributed by atoms with Crippen molar-refractivity contribution in [2.24, 2.45) is 0 Å². The number of rotatable bonds is 6. The molecule has 2 aromatic rings. The largest absolute Gasteiger partial charge is 0.298 e. The van der Waals surface area contributed by atoms with Gasteiger partial charge in [0.1, 0.15) is 6.29 Å². The summed E-state index contributed by atoms with van der Waals surface area (Å²) in [4.78, 5) is 23.7. The van der Waals surface area contributed by atoms with E-state index in [4.69, 9.17) is 0 Å². The standard InChI is InChI=1S/C17H16O2S/c1-13-2-8-16(9-3-13)20-11-10-17(19)15-6-4-14(12-18)5-7-15/h2-9,12H,10-11H2,1H3. The fourth-order valence-electron chi connectivity index (χ4n) is 1.79. The topological polar surface area (TPSA) is 34.1 Å². The highest BCUT2D eigenvalue weighted by Gasteiger charge is 2.06. The minimum Gasteiger partial charge on any atom is -0.298 e. The monoisotopic (exact) mass is 284 g/mol. The van der Waals surface area contributed by atoms with E-state index < -0.39 is 0 Å². The Bertz CT molecular complexity index is 585. The molecule has 2 aromatic carbocycles. The fourth-order valence-corrected chi connectivity index (χ4v) is 2.64. The first-order valence-corrected chi connectivity index (χ1v) is 7.45. The van der Waals surface area contributed by atoms with Gasteiger partial charge in [-0.05, 0) is 19.1 Å². The highest BCUT2D eigenvalue weighted by molar-refractivity contribution is 7.99. The van der Waals surface area contributed by atoms with Crippen LogP contribution in [-0.4, -0.2) is 17.8 Å². The number of carbonyl (C=O) groups is 2. The number of Topliss-reactive ketones (excluding diaryl/α,β-unsaturated/α-hetero) is 1. The molecule has 0 amide bonds. The second kappa shape index (κ2) is 7.06. The molecule has 0 aliphatic carbocycles. The molecule has 0 atom stereocenters. The Morgan fingerprint density at radius 3 is 2.30 bits per heavy atom. The van der Waals surface area contributed by atoms with Gasteiger partial charge in [0.25, 0.3) is 0 Å². The summed E-state index contributed by atoms with van der Waals surface area (Å²) in [5, 5.41) is 0. The van der Waals surface area contributed by atoms with E-state index in [1.807, 2.05) is 0 Å². The molecule has 0 N–H and O–H groups in total. The van der Waals surface area contributed by atoms with Gasteiger partial charge in [-0.15, -0.1) is 11.8 Å². The van der Waals surface area contributed by atoms with Crippen LogP contribution in [0.2, 0.25) is 0 Å². The molecular formula is C17H16O2S. The van der Waals surface area contributed by atoms with Crippen molar-refractivity contribution in [3.63, 3.8) is 0 Å². The van der Waals surface area contributed by atoms with Crippen LogP contribution in [-0.2, 0) is 0 Å². The first-order valence-electron chi connectivity index (χ1n) is 6.47. The second-order valence-corrected chi connectivity index (χ2v) is 5.74. The van der Waals surface area contributed by atoms with Crippen LogP contribution in [0.4, 0.5) is 0 Å². The molecule has 0 radical (unpaired) electrons. The van der Waals surface area contributed by atoms with Gasteiger partial charge in [-0.2, -0.15) is 0 Å². The zero-order valence-corrected chi connectivity index (χ0v) is 12.2. The van der Waals surface area contributed by atoms with Gasteiger partial charge in [-0.25, -0.2) is 0 Å². The van der Waals surface area contributed by atoms with E-state index in [1.54, 1.807) is 36.0 Å². The molecule has 2 rings (SSSR count). The summed E-state index contributed by atoms with van der Waals surface area (Å²) in [7, 11) is 0. The first-order chi connectivity index (χ1) is 9.69. The minimum atomic E-state index is 0.113. The number of thioether (sulfide) groups is 1. The molecule has 20 heavy (non-hydrogen) atoms. The average molecular weight is 284 g/mol. The lowest BCUT2D eigenvalue weighted by molar-refractivity contribution is 0.0988. The van der Waals surface area contributed by atoms with Gasteiger partial charge >= 0.3 is 0 Å². The Kier molecular flexibility index (Phi) is 5.13. The number of ketones is 1. The minimum absolute atomic E-state index is 0.113.